The summed E-state index contributed by atoms with van der Waals surface area (Å²) in [5.41, 5.74) is 0.713. The number of rotatable bonds is 7. The minimum Gasteiger partial charge on any atom is -0.356 e. The van der Waals surface area contributed by atoms with E-state index in [9.17, 15) is 4.79 Å². The van der Waals surface area contributed by atoms with Crippen LogP contribution in [0.5, 0.6) is 0 Å². The van der Waals surface area contributed by atoms with Gasteiger partial charge in [-0.25, -0.2) is 4.98 Å². The first kappa shape index (κ1) is 14.8. The number of hydrogen-bond donors (Lipinski definition) is 1. The Hall–Kier alpha value is -1.58. The lowest BCUT2D eigenvalue weighted by atomic mass is 10.2. The molecule has 2 rings (SSSR count). The van der Waals surface area contributed by atoms with Crippen LogP contribution in [-0.2, 0) is 0 Å². The van der Waals surface area contributed by atoms with E-state index in [-0.39, 0.29) is 5.91 Å². The fraction of sp³-hybridized carbons (Fsp3) is 0.625. The van der Waals surface area contributed by atoms with E-state index in [4.69, 9.17) is 0 Å². The minimum absolute atomic E-state index is 0.0106. The summed E-state index contributed by atoms with van der Waals surface area (Å²) < 4.78 is 0. The van der Waals surface area contributed by atoms with E-state index in [0.29, 0.717) is 5.56 Å². The van der Waals surface area contributed by atoms with Gasteiger partial charge in [-0.3, -0.25) is 4.79 Å². The number of amides is 1. The molecule has 0 spiro atoms. The second-order valence-corrected chi connectivity index (χ2v) is 5.39. The van der Waals surface area contributed by atoms with Crippen LogP contribution in [0.25, 0.3) is 0 Å². The lowest BCUT2D eigenvalue weighted by Crippen LogP contribution is -2.28. The van der Waals surface area contributed by atoms with E-state index < -0.39 is 0 Å². The van der Waals surface area contributed by atoms with E-state index in [2.05, 4.69) is 22.1 Å². The third-order valence-corrected chi connectivity index (χ3v) is 3.75. The summed E-state index contributed by atoms with van der Waals surface area (Å²) in [4.78, 5) is 18.9. The van der Waals surface area contributed by atoms with Crippen molar-refractivity contribution in [3.63, 3.8) is 0 Å². The Morgan fingerprint density at radius 1 is 1.30 bits per heavy atom. The van der Waals surface area contributed by atoms with Crippen molar-refractivity contribution in [2.45, 2.75) is 45.4 Å². The van der Waals surface area contributed by atoms with Crippen molar-refractivity contribution in [3.05, 3.63) is 23.9 Å². The Morgan fingerprint density at radius 3 is 2.85 bits per heavy atom. The monoisotopic (exact) mass is 275 g/mol. The molecular formula is C16H25N3O. The first-order chi connectivity index (χ1) is 9.83. The van der Waals surface area contributed by atoms with Crippen molar-refractivity contribution < 1.29 is 4.79 Å². The van der Waals surface area contributed by atoms with Gasteiger partial charge in [-0.05, 0) is 31.4 Å². The number of carbonyl (C=O) groups excluding carboxylic acids is 1. The topological polar surface area (TPSA) is 45.2 Å². The molecule has 2 heterocycles. The highest BCUT2D eigenvalue weighted by atomic mass is 16.1. The van der Waals surface area contributed by atoms with Gasteiger partial charge in [0.25, 0.3) is 5.91 Å². The molecule has 1 aromatic heterocycles. The molecule has 1 amide bonds. The summed E-state index contributed by atoms with van der Waals surface area (Å²) in [6.07, 6.45) is 8.84. The Bertz CT molecular complexity index is 427. The quantitative estimate of drug-likeness (QED) is 0.778. The molecule has 110 valence electrons. The molecular weight excluding hydrogens is 250 g/mol. The molecule has 1 fully saturated rings. The van der Waals surface area contributed by atoms with Crippen molar-refractivity contribution in [1.82, 2.24) is 10.3 Å². The van der Waals surface area contributed by atoms with Gasteiger partial charge < -0.3 is 10.2 Å². The van der Waals surface area contributed by atoms with Crippen LogP contribution in [0.15, 0.2) is 18.3 Å². The number of nitrogens with zero attached hydrogens (tertiary/aromatic N) is 2. The van der Waals surface area contributed by atoms with Crippen LogP contribution < -0.4 is 10.2 Å². The highest BCUT2D eigenvalue weighted by Crippen LogP contribution is 2.21. The minimum atomic E-state index is 0.0106. The Kier molecular flexibility index (Phi) is 5.84. The summed E-state index contributed by atoms with van der Waals surface area (Å²) >= 11 is 0. The van der Waals surface area contributed by atoms with Gasteiger partial charge >= 0.3 is 0 Å². The largest absolute Gasteiger partial charge is 0.356 e. The number of aromatic nitrogens is 1. The summed E-state index contributed by atoms with van der Waals surface area (Å²) in [7, 11) is 0. The normalized spacial score (nSPS) is 14.6. The summed E-state index contributed by atoms with van der Waals surface area (Å²) in [6.45, 7) is 4.96. The van der Waals surface area contributed by atoms with Crippen molar-refractivity contribution in [2.24, 2.45) is 0 Å². The molecule has 1 aliphatic heterocycles. The average Bonchev–Trinajstić information content (AvgIpc) is 3.01. The van der Waals surface area contributed by atoms with Crippen LogP contribution in [0.3, 0.4) is 0 Å². The molecule has 0 aromatic carbocycles. The predicted octanol–water partition coefficient (Wildman–Crippen LogP) is 2.99. The maximum atomic E-state index is 12.3. The number of nitrogens with one attached hydrogen (secondary N) is 1. The number of carbonyl (C=O) groups is 1. The van der Waals surface area contributed by atoms with Gasteiger partial charge in [-0.2, -0.15) is 0 Å². The molecule has 20 heavy (non-hydrogen) atoms. The SMILES string of the molecule is CCCCCCNC(=O)c1cccnc1N1CCCC1. The predicted molar refractivity (Wildman–Crippen MR) is 82.2 cm³/mol. The lowest BCUT2D eigenvalue weighted by molar-refractivity contribution is 0.0953. The highest BCUT2D eigenvalue weighted by Gasteiger charge is 2.20. The van der Waals surface area contributed by atoms with Crippen molar-refractivity contribution >= 4 is 11.7 Å². The molecule has 4 heteroatoms. The fourth-order valence-electron chi connectivity index (χ4n) is 2.60. The molecule has 0 aliphatic carbocycles. The second-order valence-electron chi connectivity index (χ2n) is 5.39. The van der Waals surface area contributed by atoms with Crippen molar-refractivity contribution in [3.8, 4) is 0 Å². The summed E-state index contributed by atoms with van der Waals surface area (Å²) in [5.74, 6) is 0.854. The number of unbranched alkanes of at least 4 members (excludes halogenated alkanes) is 3. The van der Waals surface area contributed by atoms with Crippen LogP contribution in [0.1, 0.15) is 55.8 Å². The molecule has 0 saturated carbocycles. The fourth-order valence-corrected chi connectivity index (χ4v) is 2.60. The van der Waals surface area contributed by atoms with E-state index in [1.54, 1.807) is 6.20 Å². The molecule has 0 atom stereocenters. The molecule has 1 N–H and O–H groups in total. The Labute approximate surface area is 121 Å². The van der Waals surface area contributed by atoms with Gasteiger partial charge in [0.2, 0.25) is 0 Å². The average molecular weight is 275 g/mol. The maximum Gasteiger partial charge on any atom is 0.255 e. The van der Waals surface area contributed by atoms with E-state index in [1.165, 1.54) is 32.1 Å². The number of anilines is 1. The third kappa shape index (κ3) is 3.95. The van der Waals surface area contributed by atoms with Gasteiger partial charge in [0.05, 0.1) is 5.56 Å². The molecule has 0 bridgehead atoms. The zero-order valence-corrected chi connectivity index (χ0v) is 12.4. The first-order valence-corrected chi connectivity index (χ1v) is 7.81. The second kappa shape index (κ2) is 7.88. The third-order valence-electron chi connectivity index (χ3n) is 3.75. The Morgan fingerprint density at radius 2 is 2.10 bits per heavy atom. The molecule has 1 aliphatic rings. The smallest absolute Gasteiger partial charge is 0.255 e. The van der Waals surface area contributed by atoms with Gasteiger partial charge in [0.15, 0.2) is 0 Å². The standard InChI is InChI=1S/C16H25N3O/c1-2-3-4-5-10-18-16(20)14-9-8-11-17-15(14)19-12-6-7-13-19/h8-9,11H,2-7,10,12-13H2,1H3,(H,18,20). The zero-order valence-electron chi connectivity index (χ0n) is 12.4. The summed E-state index contributed by atoms with van der Waals surface area (Å²) in [6, 6.07) is 3.72. The number of pyridine rings is 1. The summed E-state index contributed by atoms with van der Waals surface area (Å²) in [5, 5.41) is 3.02. The van der Waals surface area contributed by atoms with Gasteiger partial charge in [-0.1, -0.05) is 26.2 Å². The van der Waals surface area contributed by atoms with E-state index >= 15 is 0 Å². The van der Waals surface area contributed by atoms with Crippen LogP contribution in [0, 0.1) is 0 Å². The lowest BCUT2D eigenvalue weighted by Gasteiger charge is -2.19. The van der Waals surface area contributed by atoms with Gasteiger partial charge in [0.1, 0.15) is 5.82 Å². The van der Waals surface area contributed by atoms with Gasteiger partial charge in [-0.15, -0.1) is 0 Å². The van der Waals surface area contributed by atoms with E-state index in [0.717, 1.165) is 31.9 Å². The molecule has 1 aromatic rings. The molecule has 1 saturated heterocycles. The number of hydrogen-bond acceptors (Lipinski definition) is 3. The zero-order chi connectivity index (χ0) is 14.2. The van der Waals surface area contributed by atoms with Gasteiger partial charge in [0, 0.05) is 25.8 Å². The Balaban J connectivity index is 1.92. The van der Waals surface area contributed by atoms with E-state index in [1.807, 2.05) is 12.1 Å². The van der Waals surface area contributed by atoms with Crippen molar-refractivity contribution in [2.75, 3.05) is 24.5 Å². The highest BCUT2D eigenvalue weighted by molar-refractivity contribution is 5.98. The maximum absolute atomic E-state index is 12.3. The van der Waals surface area contributed by atoms with Crippen LogP contribution >= 0.6 is 0 Å². The van der Waals surface area contributed by atoms with Crippen LogP contribution in [0.4, 0.5) is 5.82 Å². The molecule has 0 unspecified atom stereocenters. The molecule has 4 nitrogen and oxygen atoms in total. The van der Waals surface area contributed by atoms with Crippen LogP contribution in [0.2, 0.25) is 0 Å². The van der Waals surface area contributed by atoms with Crippen LogP contribution in [-0.4, -0.2) is 30.5 Å². The first-order valence-electron chi connectivity index (χ1n) is 7.81. The molecule has 0 radical (unpaired) electrons. The van der Waals surface area contributed by atoms with Crippen molar-refractivity contribution in [1.29, 1.82) is 0 Å².